The van der Waals surface area contributed by atoms with Crippen molar-refractivity contribution in [1.82, 2.24) is 5.32 Å². The number of hydrogen-bond donors (Lipinski definition) is 1. The first-order chi connectivity index (χ1) is 14.5. The number of halogens is 1. The van der Waals surface area contributed by atoms with Gasteiger partial charge in [-0.1, -0.05) is 46.3 Å². The molecular weight excluding hydrogens is 464 g/mol. The van der Waals surface area contributed by atoms with Crippen molar-refractivity contribution >= 4 is 67.6 Å². The molecule has 1 fully saturated rings. The van der Waals surface area contributed by atoms with Crippen LogP contribution >= 0.6 is 28.1 Å². The number of carbonyl (C=O) groups excluding carboxylic acids is 2. The number of carbonyl (C=O) groups is 2. The summed E-state index contributed by atoms with van der Waals surface area (Å²) in [7, 11) is 0. The van der Waals surface area contributed by atoms with Gasteiger partial charge in [-0.05, 0) is 66.3 Å². The normalized spacial score (nSPS) is 15.6. The smallest absolute Gasteiger partial charge is 0.270 e. The number of amides is 2. The highest BCUT2D eigenvalue weighted by Crippen LogP contribution is 2.32. The summed E-state index contributed by atoms with van der Waals surface area (Å²) in [6, 6.07) is 18.7. The molecule has 3 aromatic carbocycles. The van der Waals surface area contributed by atoms with E-state index in [-0.39, 0.29) is 10.7 Å². The Bertz CT molecular complexity index is 1200. The molecule has 1 N–H and O–H groups in total. The largest absolute Gasteiger partial charge is 0.493 e. The van der Waals surface area contributed by atoms with Gasteiger partial charge < -0.3 is 4.74 Å². The molecule has 0 atom stereocenters. The van der Waals surface area contributed by atoms with Gasteiger partial charge in [-0.3, -0.25) is 19.8 Å². The van der Waals surface area contributed by atoms with Crippen LogP contribution in [-0.2, 0) is 9.59 Å². The van der Waals surface area contributed by atoms with Crippen molar-refractivity contribution in [2.24, 2.45) is 0 Å². The fraction of sp³-hybridized carbons (Fsp3) is 0.0870. The van der Waals surface area contributed by atoms with E-state index in [1.165, 1.54) is 4.90 Å². The third-order valence-electron chi connectivity index (χ3n) is 4.71. The zero-order chi connectivity index (χ0) is 21.3. The molecule has 30 heavy (non-hydrogen) atoms. The molecule has 7 heteroatoms. The lowest BCUT2D eigenvalue weighted by atomic mass is 9.99. The van der Waals surface area contributed by atoms with Crippen LogP contribution < -0.4 is 15.0 Å². The number of fused-ring (bicyclic) bond motifs is 1. The number of thiocarbonyl (C=S) groups is 1. The average molecular weight is 481 g/mol. The molecule has 0 saturated carbocycles. The van der Waals surface area contributed by atoms with Crippen molar-refractivity contribution in [1.29, 1.82) is 0 Å². The molecule has 2 amide bonds. The van der Waals surface area contributed by atoms with Crippen molar-refractivity contribution < 1.29 is 14.3 Å². The third-order valence-corrected chi connectivity index (χ3v) is 5.52. The molecular formula is C23H17BrN2O3S. The van der Waals surface area contributed by atoms with Crippen molar-refractivity contribution in [2.75, 3.05) is 11.5 Å². The number of nitrogens with one attached hydrogen (secondary N) is 1. The maximum absolute atomic E-state index is 13.3. The van der Waals surface area contributed by atoms with Crippen LogP contribution in [0, 0.1) is 0 Å². The van der Waals surface area contributed by atoms with Crippen LogP contribution in [0.1, 0.15) is 12.5 Å². The first-order valence-corrected chi connectivity index (χ1v) is 10.5. The van der Waals surface area contributed by atoms with Gasteiger partial charge in [0, 0.05) is 10.0 Å². The molecule has 0 unspecified atom stereocenters. The van der Waals surface area contributed by atoms with Gasteiger partial charge in [0.15, 0.2) is 5.11 Å². The average Bonchev–Trinajstić information content (AvgIpc) is 2.73. The first kappa shape index (κ1) is 20.3. The Kier molecular flexibility index (Phi) is 5.65. The summed E-state index contributed by atoms with van der Waals surface area (Å²) in [5.74, 6) is -0.414. The van der Waals surface area contributed by atoms with E-state index in [1.807, 2.05) is 55.5 Å². The molecule has 1 aliphatic rings. The van der Waals surface area contributed by atoms with Crippen LogP contribution in [-0.4, -0.2) is 23.5 Å². The fourth-order valence-electron chi connectivity index (χ4n) is 3.33. The topological polar surface area (TPSA) is 58.6 Å². The van der Waals surface area contributed by atoms with E-state index in [1.54, 1.807) is 18.2 Å². The number of nitrogens with zero attached hydrogens (tertiary/aromatic N) is 1. The van der Waals surface area contributed by atoms with Crippen LogP contribution in [0.15, 0.2) is 70.7 Å². The van der Waals surface area contributed by atoms with E-state index < -0.39 is 11.8 Å². The lowest BCUT2D eigenvalue weighted by Crippen LogP contribution is -2.54. The number of benzene rings is 3. The predicted octanol–water partition coefficient (Wildman–Crippen LogP) is 4.83. The first-order valence-electron chi connectivity index (χ1n) is 9.31. The maximum Gasteiger partial charge on any atom is 0.270 e. The highest BCUT2D eigenvalue weighted by atomic mass is 79.9. The fourth-order valence-corrected chi connectivity index (χ4v) is 3.88. The Morgan fingerprint density at radius 1 is 1.07 bits per heavy atom. The van der Waals surface area contributed by atoms with Crippen LogP contribution in [0.4, 0.5) is 5.69 Å². The summed E-state index contributed by atoms with van der Waals surface area (Å²) in [6.07, 6.45) is 1.58. The second-order valence-electron chi connectivity index (χ2n) is 6.57. The molecule has 0 radical (unpaired) electrons. The maximum atomic E-state index is 13.3. The quantitative estimate of drug-likeness (QED) is 0.330. The Morgan fingerprint density at radius 3 is 2.53 bits per heavy atom. The molecule has 150 valence electrons. The van der Waals surface area contributed by atoms with Crippen LogP contribution in [0.2, 0.25) is 0 Å². The second-order valence-corrected chi connectivity index (χ2v) is 7.87. The summed E-state index contributed by atoms with van der Waals surface area (Å²) in [5.41, 5.74) is 1.24. The molecule has 4 rings (SSSR count). The highest BCUT2D eigenvalue weighted by Gasteiger charge is 2.34. The van der Waals surface area contributed by atoms with Crippen LogP contribution in [0.25, 0.3) is 16.8 Å². The third kappa shape index (κ3) is 3.74. The summed E-state index contributed by atoms with van der Waals surface area (Å²) in [6.45, 7) is 2.35. The molecule has 5 nitrogen and oxygen atoms in total. The summed E-state index contributed by atoms with van der Waals surface area (Å²) < 4.78 is 6.64. The molecule has 0 aliphatic carbocycles. The Balaban J connectivity index is 1.85. The highest BCUT2D eigenvalue weighted by molar-refractivity contribution is 9.10. The van der Waals surface area contributed by atoms with Gasteiger partial charge in [-0.15, -0.1) is 0 Å². The van der Waals surface area contributed by atoms with Crippen molar-refractivity contribution in [2.45, 2.75) is 6.92 Å². The molecule has 0 bridgehead atoms. The SMILES string of the molecule is CCOc1ccc2ccccc2c1/C=C1/C(=O)NC(=S)N(c2ccc(Br)cc2)C1=O. The van der Waals surface area contributed by atoms with E-state index in [0.29, 0.717) is 23.6 Å². The lowest BCUT2D eigenvalue weighted by molar-refractivity contribution is -0.122. The van der Waals surface area contributed by atoms with E-state index in [2.05, 4.69) is 21.2 Å². The van der Waals surface area contributed by atoms with E-state index >= 15 is 0 Å². The molecule has 3 aromatic rings. The molecule has 1 aliphatic heterocycles. The molecule has 1 saturated heterocycles. The van der Waals surface area contributed by atoms with Crippen LogP contribution in [0.3, 0.4) is 0 Å². The number of hydrogen-bond acceptors (Lipinski definition) is 4. The van der Waals surface area contributed by atoms with Gasteiger partial charge in [0.05, 0.1) is 12.3 Å². The minimum Gasteiger partial charge on any atom is -0.493 e. The van der Waals surface area contributed by atoms with Crippen molar-refractivity contribution in [3.05, 3.63) is 76.3 Å². The molecule has 0 spiro atoms. The molecule has 1 heterocycles. The van der Waals surface area contributed by atoms with Crippen molar-refractivity contribution in [3.63, 3.8) is 0 Å². The predicted molar refractivity (Wildman–Crippen MR) is 125 cm³/mol. The minimum atomic E-state index is -0.534. The number of ether oxygens (including phenoxy) is 1. The van der Waals surface area contributed by atoms with Gasteiger partial charge in [0.25, 0.3) is 11.8 Å². The van der Waals surface area contributed by atoms with Gasteiger partial charge in [0.1, 0.15) is 11.3 Å². The van der Waals surface area contributed by atoms with E-state index in [0.717, 1.165) is 15.2 Å². The monoisotopic (exact) mass is 480 g/mol. The zero-order valence-corrected chi connectivity index (χ0v) is 18.4. The standard InChI is InChI=1S/C23H17BrN2O3S/c1-2-29-20-12-7-14-5-3-4-6-17(14)18(20)13-19-21(27)25-23(30)26(22(19)28)16-10-8-15(24)9-11-16/h3-13H,2H2,1H3,(H,25,27,30)/b19-13-. The number of anilines is 1. The number of rotatable bonds is 4. The lowest BCUT2D eigenvalue weighted by Gasteiger charge is -2.29. The summed E-state index contributed by atoms with van der Waals surface area (Å²) >= 11 is 8.65. The van der Waals surface area contributed by atoms with E-state index in [4.69, 9.17) is 17.0 Å². The van der Waals surface area contributed by atoms with Gasteiger partial charge >= 0.3 is 0 Å². The Hall–Kier alpha value is -3.03. The second kappa shape index (κ2) is 8.38. The minimum absolute atomic E-state index is 0.0103. The van der Waals surface area contributed by atoms with Crippen molar-refractivity contribution in [3.8, 4) is 5.75 Å². The Labute approximate surface area is 187 Å². The Morgan fingerprint density at radius 2 is 1.80 bits per heavy atom. The zero-order valence-electron chi connectivity index (χ0n) is 16.0. The summed E-state index contributed by atoms with van der Waals surface area (Å²) in [4.78, 5) is 27.3. The van der Waals surface area contributed by atoms with E-state index in [9.17, 15) is 9.59 Å². The van der Waals surface area contributed by atoms with Crippen LogP contribution in [0.5, 0.6) is 5.75 Å². The molecule has 0 aromatic heterocycles. The van der Waals surface area contributed by atoms with Gasteiger partial charge in [0.2, 0.25) is 0 Å². The van der Waals surface area contributed by atoms with Gasteiger partial charge in [-0.25, -0.2) is 0 Å². The summed E-state index contributed by atoms with van der Waals surface area (Å²) in [5, 5.41) is 4.54. The van der Waals surface area contributed by atoms with Gasteiger partial charge in [-0.2, -0.15) is 0 Å².